The molecule has 2 heterocycles. The fraction of sp³-hybridized carbons (Fsp3) is 0.364. The van der Waals surface area contributed by atoms with Crippen LogP contribution in [0.5, 0.6) is 0 Å². The number of esters is 1. The van der Waals surface area contributed by atoms with Crippen LogP contribution in [-0.2, 0) is 14.3 Å². The molecule has 7 nitrogen and oxygen atoms in total. The van der Waals surface area contributed by atoms with Gasteiger partial charge in [0.1, 0.15) is 6.04 Å². The lowest BCUT2D eigenvalue weighted by molar-refractivity contribution is -0.123. The van der Waals surface area contributed by atoms with E-state index in [0.717, 1.165) is 4.90 Å². The number of rotatable bonds is 6. The van der Waals surface area contributed by atoms with E-state index in [9.17, 15) is 19.2 Å². The molecule has 158 valence electrons. The summed E-state index contributed by atoms with van der Waals surface area (Å²) >= 11 is 1.31. The van der Waals surface area contributed by atoms with Crippen molar-refractivity contribution in [1.29, 1.82) is 0 Å². The number of hydrogen-bond acceptors (Lipinski definition) is 6. The second kappa shape index (κ2) is 8.39. The summed E-state index contributed by atoms with van der Waals surface area (Å²) in [5.74, 6) is -1.59. The van der Waals surface area contributed by atoms with Gasteiger partial charge >= 0.3 is 5.97 Å². The van der Waals surface area contributed by atoms with Crippen LogP contribution < -0.4 is 4.90 Å². The summed E-state index contributed by atoms with van der Waals surface area (Å²) in [6, 6.07) is 8.67. The van der Waals surface area contributed by atoms with Gasteiger partial charge in [0.15, 0.2) is 0 Å². The van der Waals surface area contributed by atoms with E-state index in [-0.39, 0.29) is 18.2 Å². The molecule has 0 radical (unpaired) electrons. The van der Waals surface area contributed by atoms with Gasteiger partial charge in [-0.3, -0.25) is 14.4 Å². The molecule has 30 heavy (non-hydrogen) atoms. The third-order valence-electron chi connectivity index (χ3n) is 5.45. The first-order valence-corrected chi connectivity index (χ1v) is 10.5. The number of imide groups is 1. The molecule has 1 fully saturated rings. The Kier molecular flexibility index (Phi) is 6.07. The lowest BCUT2D eigenvalue weighted by atomic mass is 9.95. The van der Waals surface area contributed by atoms with Crippen molar-refractivity contribution in [2.24, 2.45) is 0 Å². The van der Waals surface area contributed by atoms with E-state index in [1.54, 1.807) is 22.4 Å². The molecule has 0 bridgehead atoms. The Morgan fingerprint density at radius 2 is 1.87 bits per heavy atom. The van der Waals surface area contributed by atoms with Crippen molar-refractivity contribution in [3.05, 3.63) is 52.2 Å². The lowest BCUT2D eigenvalue weighted by Crippen LogP contribution is -2.55. The molecular formula is C22H24N2O5S. The Balaban J connectivity index is 1.94. The van der Waals surface area contributed by atoms with Crippen molar-refractivity contribution >= 4 is 40.7 Å². The van der Waals surface area contributed by atoms with E-state index in [2.05, 4.69) is 4.74 Å². The fourth-order valence-corrected chi connectivity index (χ4v) is 4.14. The average molecular weight is 429 g/mol. The van der Waals surface area contributed by atoms with Crippen molar-refractivity contribution in [2.75, 3.05) is 12.0 Å². The van der Waals surface area contributed by atoms with E-state index in [1.165, 1.54) is 42.7 Å². The zero-order valence-electron chi connectivity index (χ0n) is 17.4. The van der Waals surface area contributed by atoms with Crippen molar-refractivity contribution in [1.82, 2.24) is 4.90 Å². The Morgan fingerprint density at radius 1 is 1.20 bits per heavy atom. The minimum atomic E-state index is -0.887. The number of benzene rings is 1. The molecule has 1 atom stereocenters. The molecule has 3 amide bonds. The maximum Gasteiger partial charge on any atom is 0.337 e. The Hall–Kier alpha value is -3.00. The number of thiophene rings is 1. The highest BCUT2D eigenvalue weighted by atomic mass is 32.1. The van der Waals surface area contributed by atoms with Gasteiger partial charge in [0.2, 0.25) is 5.91 Å². The van der Waals surface area contributed by atoms with Crippen LogP contribution in [-0.4, -0.2) is 47.3 Å². The lowest BCUT2D eigenvalue weighted by Gasteiger charge is -2.41. The van der Waals surface area contributed by atoms with Gasteiger partial charge in [0, 0.05) is 5.54 Å². The summed E-state index contributed by atoms with van der Waals surface area (Å²) in [6.45, 7) is 5.73. The van der Waals surface area contributed by atoms with E-state index in [4.69, 9.17) is 0 Å². The highest BCUT2D eigenvalue weighted by Crippen LogP contribution is 2.33. The molecule has 0 saturated carbocycles. The first-order chi connectivity index (χ1) is 14.2. The molecular weight excluding hydrogens is 404 g/mol. The third-order valence-corrected chi connectivity index (χ3v) is 6.31. The molecule has 2 aromatic rings. The first-order valence-electron chi connectivity index (χ1n) is 9.63. The fourth-order valence-electron chi connectivity index (χ4n) is 3.48. The number of carbonyl (C=O) groups excluding carboxylic acids is 4. The minimum Gasteiger partial charge on any atom is -0.465 e. The van der Waals surface area contributed by atoms with Crippen LogP contribution in [0.4, 0.5) is 5.69 Å². The molecule has 3 rings (SSSR count). The predicted octanol–water partition coefficient (Wildman–Crippen LogP) is 3.50. The van der Waals surface area contributed by atoms with Crippen molar-refractivity contribution < 1.29 is 23.9 Å². The molecule has 1 saturated heterocycles. The molecule has 1 aliphatic heterocycles. The Labute approximate surface area is 179 Å². The van der Waals surface area contributed by atoms with E-state index in [0.29, 0.717) is 22.5 Å². The van der Waals surface area contributed by atoms with Gasteiger partial charge < -0.3 is 9.64 Å². The van der Waals surface area contributed by atoms with Crippen LogP contribution in [0.3, 0.4) is 0 Å². The average Bonchev–Trinajstić information content (AvgIpc) is 3.36. The second-order valence-corrected chi connectivity index (χ2v) is 8.59. The quantitative estimate of drug-likeness (QED) is 0.519. The number of carbonyl (C=O) groups is 4. The SMILES string of the molecule is CCC(C)(C)N(C(=O)c1cccs1)C1CC(=O)N(c2ccc(C(=O)OC)cc2)C1=O. The van der Waals surface area contributed by atoms with Crippen molar-refractivity contribution in [3.8, 4) is 0 Å². The Morgan fingerprint density at radius 3 is 2.40 bits per heavy atom. The van der Waals surface area contributed by atoms with Gasteiger partial charge in [-0.05, 0) is 56.0 Å². The monoisotopic (exact) mass is 428 g/mol. The molecule has 1 aromatic carbocycles. The smallest absolute Gasteiger partial charge is 0.337 e. The molecule has 0 N–H and O–H groups in total. The maximum atomic E-state index is 13.3. The van der Waals surface area contributed by atoms with Gasteiger partial charge in [0.05, 0.1) is 29.7 Å². The van der Waals surface area contributed by atoms with Gasteiger partial charge in [-0.2, -0.15) is 0 Å². The summed E-state index contributed by atoms with van der Waals surface area (Å²) in [4.78, 5) is 54.1. The van der Waals surface area contributed by atoms with Gasteiger partial charge in [-0.15, -0.1) is 11.3 Å². The minimum absolute atomic E-state index is 0.0852. The molecule has 0 spiro atoms. The van der Waals surface area contributed by atoms with E-state index in [1.807, 2.05) is 20.8 Å². The molecule has 0 aliphatic carbocycles. The number of ether oxygens (including phenoxy) is 1. The normalized spacial score (nSPS) is 16.7. The van der Waals surface area contributed by atoms with Crippen LogP contribution in [0.2, 0.25) is 0 Å². The summed E-state index contributed by atoms with van der Waals surface area (Å²) in [5.41, 5.74) is 0.0587. The van der Waals surface area contributed by atoms with Gasteiger partial charge in [-0.25, -0.2) is 9.69 Å². The van der Waals surface area contributed by atoms with E-state index >= 15 is 0 Å². The second-order valence-electron chi connectivity index (χ2n) is 7.64. The van der Waals surface area contributed by atoms with Crippen LogP contribution >= 0.6 is 11.3 Å². The topological polar surface area (TPSA) is 84.0 Å². The number of hydrogen-bond donors (Lipinski definition) is 0. The molecule has 8 heteroatoms. The van der Waals surface area contributed by atoms with E-state index < -0.39 is 23.5 Å². The first kappa shape index (κ1) is 21.7. The summed E-state index contributed by atoms with van der Waals surface area (Å²) in [7, 11) is 1.28. The molecule has 1 aliphatic rings. The van der Waals surface area contributed by atoms with Gasteiger partial charge in [-0.1, -0.05) is 13.0 Å². The summed E-state index contributed by atoms with van der Waals surface area (Å²) in [6.07, 6.45) is 0.536. The zero-order chi connectivity index (χ0) is 22.1. The molecule has 1 unspecified atom stereocenters. The number of amides is 3. The van der Waals surface area contributed by atoms with Crippen molar-refractivity contribution in [2.45, 2.75) is 45.2 Å². The molecule has 1 aromatic heterocycles. The maximum absolute atomic E-state index is 13.3. The Bertz CT molecular complexity index is 966. The predicted molar refractivity (Wildman–Crippen MR) is 114 cm³/mol. The summed E-state index contributed by atoms with van der Waals surface area (Å²) < 4.78 is 4.67. The largest absolute Gasteiger partial charge is 0.465 e. The van der Waals surface area contributed by atoms with Crippen LogP contribution in [0.1, 0.15) is 53.6 Å². The standard InChI is InChI=1S/C22H24N2O5S/c1-5-22(2,3)24(20(27)17-7-6-12-30-17)16-13-18(25)23(19(16)26)15-10-8-14(9-11-15)21(28)29-4/h6-12,16H,5,13H2,1-4H3. The van der Waals surface area contributed by atoms with Gasteiger partial charge in [0.25, 0.3) is 11.8 Å². The number of anilines is 1. The van der Waals surface area contributed by atoms with Crippen molar-refractivity contribution in [3.63, 3.8) is 0 Å². The highest BCUT2D eigenvalue weighted by molar-refractivity contribution is 7.12. The zero-order valence-corrected chi connectivity index (χ0v) is 18.2. The number of methoxy groups -OCH3 is 1. The van der Waals surface area contributed by atoms with Crippen LogP contribution in [0, 0.1) is 0 Å². The third kappa shape index (κ3) is 3.87. The van der Waals surface area contributed by atoms with Crippen LogP contribution in [0.25, 0.3) is 0 Å². The number of nitrogens with zero attached hydrogens (tertiary/aromatic N) is 2. The summed E-state index contributed by atoms with van der Waals surface area (Å²) in [5, 5.41) is 1.81. The highest BCUT2D eigenvalue weighted by Gasteiger charge is 2.48. The van der Waals surface area contributed by atoms with Crippen LogP contribution in [0.15, 0.2) is 41.8 Å².